The summed E-state index contributed by atoms with van der Waals surface area (Å²) in [6.07, 6.45) is 3.91. The van der Waals surface area contributed by atoms with Crippen LogP contribution in [0, 0.1) is 0 Å². The highest BCUT2D eigenvalue weighted by Crippen LogP contribution is 2.31. The van der Waals surface area contributed by atoms with Gasteiger partial charge < -0.3 is 19.4 Å². The molecule has 7 nitrogen and oxygen atoms in total. The first-order valence-electron chi connectivity index (χ1n) is 13.2. The van der Waals surface area contributed by atoms with Crippen molar-refractivity contribution in [3.05, 3.63) is 34.2 Å². The minimum atomic E-state index is -0.510. The molecule has 0 N–H and O–H groups in total. The molecule has 3 aliphatic rings. The van der Waals surface area contributed by atoms with Gasteiger partial charge in [0.2, 0.25) is 5.91 Å². The van der Waals surface area contributed by atoms with Gasteiger partial charge in [-0.3, -0.25) is 14.5 Å². The zero-order valence-electron chi connectivity index (χ0n) is 21.3. The van der Waals surface area contributed by atoms with Gasteiger partial charge in [-0.15, -0.1) is 11.3 Å². The minimum Gasteiger partial charge on any atom is -0.381 e. The molecule has 0 saturated carbocycles. The fourth-order valence-corrected chi connectivity index (χ4v) is 7.19. The number of piperidine rings is 1. The van der Waals surface area contributed by atoms with Gasteiger partial charge in [-0.2, -0.15) is 0 Å². The van der Waals surface area contributed by atoms with Crippen LogP contribution >= 0.6 is 22.9 Å². The highest BCUT2D eigenvalue weighted by Gasteiger charge is 2.37. The number of carbonyl (C=O) groups excluding carboxylic acids is 2. The second-order valence-electron chi connectivity index (χ2n) is 10.4. The fraction of sp³-hybridized carbons (Fsp3) is 0.630. The number of hydrogen-bond donors (Lipinski definition) is 0. The molecule has 0 unspecified atom stereocenters. The average Bonchev–Trinajstić information content (AvgIpc) is 3.33. The van der Waals surface area contributed by atoms with Crippen molar-refractivity contribution in [3.63, 3.8) is 0 Å². The van der Waals surface area contributed by atoms with Crippen LogP contribution in [0.3, 0.4) is 0 Å². The van der Waals surface area contributed by atoms with Gasteiger partial charge in [-0.1, -0.05) is 17.7 Å². The van der Waals surface area contributed by atoms with Crippen molar-refractivity contribution in [2.75, 3.05) is 59.5 Å². The lowest BCUT2D eigenvalue weighted by Crippen LogP contribution is -2.59. The Balaban J connectivity index is 1.29. The molecular weight excluding hydrogens is 496 g/mol. The van der Waals surface area contributed by atoms with Crippen LogP contribution in [0.5, 0.6) is 0 Å². The molecule has 3 aliphatic heterocycles. The van der Waals surface area contributed by atoms with Gasteiger partial charge in [0.25, 0.3) is 5.91 Å². The van der Waals surface area contributed by atoms with E-state index in [0.717, 1.165) is 62.2 Å². The summed E-state index contributed by atoms with van der Waals surface area (Å²) in [5.74, 6) is -0.00735. The number of piperazine rings is 1. The fourth-order valence-electron chi connectivity index (χ4n) is 5.91. The number of fused-ring (bicyclic) bond motifs is 1. The molecule has 2 aromatic rings. The number of likely N-dealkylation sites (tertiary alicyclic amines) is 1. The number of thiophene rings is 1. The number of halogens is 1. The Bertz CT molecular complexity index is 1070. The number of benzene rings is 1. The topological polar surface area (TPSA) is 56.3 Å². The van der Waals surface area contributed by atoms with Crippen molar-refractivity contribution in [1.29, 1.82) is 0 Å². The van der Waals surface area contributed by atoms with Crippen LogP contribution in [0.4, 0.5) is 0 Å². The summed E-state index contributed by atoms with van der Waals surface area (Å²) in [6.45, 7) is 8.71. The Morgan fingerprint density at radius 3 is 2.42 bits per heavy atom. The molecule has 3 saturated heterocycles. The van der Waals surface area contributed by atoms with E-state index in [4.69, 9.17) is 16.3 Å². The summed E-state index contributed by atoms with van der Waals surface area (Å²) < 4.78 is 6.56. The number of amides is 2. The van der Waals surface area contributed by atoms with Gasteiger partial charge >= 0.3 is 0 Å². The first kappa shape index (κ1) is 25.9. The molecule has 0 bridgehead atoms. The molecule has 1 aromatic heterocycles. The molecule has 0 aliphatic carbocycles. The van der Waals surface area contributed by atoms with Crippen LogP contribution in [0.1, 0.15) is 42.3 Å². The van der Waals surface area contributed by atoms with Crippen LogP contribution in [-0.4, -0.2) is 109 Å². The lowest BCUT2D eigenvalue weighted by atomic mass is 10.0. The lowest BCUT2D eigenvalue weighted by Gasteiger charge is -2.44. The maximum atomic E-state index is 13.9. The van der Waals surface area contributed by atoms with Crippen LogP contribution in [0.2, 0.25) is 5.02 Å². The summed E-state index contributed by atoms with van der Waals surface area (Å²) in [5, 5.41) is 1.66. The van der Waals surface area contributed by atoms with E-state index < -0.39 is 6.04 Å². The standard InChI is InChI=1S/C27H37ClN4O3S/c1-19(26(33)31-13-11-30(12-14-31)22-5-9-29(2)10-6-22)32(23-7-15-35-16-8-23)27(34)25-17-20-3-4-21(28)18-24(20)36-25/h3-4,17-19,22-23H,5-16H2,1-2H3/t19-/m0/s1. The van der Waals surface area contributed by atoms with Crippen LogP contribution in [-0.2, 0) is 9.53 Å². The van der Waals surface area contributed by atoms with E-state index in [0.29, 0.717) is 29.2 Å². The van der Waals surface area contributed by atoms with Crippen molar-refractivity contribution in [2.45, 2.75) is 50.7 Å². The third kappa shape index (κ3) is 5.58. The highest BCUT2D eigenvalue weighted by atomic mass is 35.5. The van der Waals surface area contributed by atoms with E-state index >= 15 is 0 Å². The van der Waals surface area contributed by atoms with Gasteiger partial charge in [0.15, 0.2) is 0 Å². The molecule has 1 atom stereocenters. The zero-order valence-corrected chi connectivity index (χ0v) is 22.9. The largest absolute Gasteiger partial charge is 0.381 e. The van der Waals surface area contributed by atoms with Gasteiger partial charge in [0, 0.05) is 61.2 Å². The smallest absolute Gasteiger partial charge is 0.264 e. The summed E-state index contributed by atoms with van der Waals surface area (Å²) in [5.41, 5.74) is 0. The molecule has 196 valence electrons. The molecule has 0 radical (unpaired) electrons. The molecule has 2 amide bonds. The number of ether oxygens (including phenoxy) is 1. The minimum absolute atomic E-state index is 0.000447. The highest BCUT2D eigenvalue weighted by molar-refractivity contribution is 7.20. The quantitative estimate of drug-likeness (QED) is 0.586. The van der Waals surface area contributed by atoms with Crippen LogP contribution in [0.25, 0.3) is 10.1 Å². The predicted octanol–water partition coefficient (Wildman–Crippen LogP) is 3.80. The van der Waals surface area contributed by atoms with Crippen molar-refractivity contribution in [2.24, 2.45) is 0 Å². The third-order valence-corrected chi connectivity index (χ3v) is 9.44. The Morgan fingerprint density at radius 1 is 1.03 bits per heavy atom. The number of carbonyl (C=O) groups is 2. The van der Waals surface area contributed by atoms with Crippen molar-refractivity contribution in [3.8, 4) is 0 Å². The van der Waals surface area contributed by atoms with E-state index in [-0.39, 0.29) is 17.9 Å². The third-order valence-electron chi connectivity index (χ3n) is 8.12. The SMILES string of the molecule is C[C@@H](C(=O)N1CCN(C2CCN(C)CC2)CC1)N(C(=O)c1cc2ccc(Cl)cc2s1)C1CCOCC1. The molecule has 9 heteroatoms. The summed E-state index contributed by atoms with van der Waals surface area (Å²) >= 11 is 7.63. The van der Waals surface area contributed by atoms with E-state index in [9.17, 15) is 9.59 Å². The Morgan fingerprint density at radius 2 is 1.72 bits per heavy atom. The van der Waals surface area contributed by atoms with Crippen molar-refractivity contribution < 1.29 is 14.3 Å². The second kappa shape index (κ2) is 11.4. The predicted molar refractivity (Wildman–Crippen MR) is 145 cm³/mol. The zero-order chi connectivity index (χ0) is 25.2. The van der Waals surface area contributed by atoms with Crippen molar-refractivity contribution >= 4 is 44.8 Å². The number of rotatable bonds is 5. The second-order valence-corrected chi connectivity index (χ2v) is 11.9. The monoisotopic (exact) mass is 532 g/mol. The van der Waals surface area contributed by atoms with Gasteiger partial charge in [0.1, 0.15) is 6.04 Å². The van der Waals surface area contributed by atoms with E-state index in [2.05, 4.69) is 16.8 Å². The maximum Gasteiger partial charge on any atom is 0.264 e. The Labute approximate surface area is 222 Å². The van der Waals surface area contributed by atoms with Crippen LogP contribution < -0.4 is 0 Å². The average molecular weight is 533 g/mol. The van der Waals surface area contributed by atoms with E-state index in [1.807, 2.05) is 41.0 Å². The van der Waals surface area contributed by atoms with E-state index in [1.165, 1.54) is 24.2 Å². The number of nitrogens with zero attached hydrogens (tertiary/aromatic N) is 4. The van der Waals surface area contributed by atoms with Gasteiger partial charge in [-0.05, 0) is 76.3 Å². The first-order chi connectivity index (χ1) is 17.4. The summed E-state index contributed by atoms with van der Waals surface area (Å²) in [7, 11) is 2.19. The maximum absolute atomic E-state index is 13.9. The van der Waals surface area contributed by atoms with Gasteiger partial charge in [-0.25, -0.2) is 0 Å². The Kier molecular flexibility index (Phi) is 8.17. The van der Waals surface area contributed by atoms with Crippen molar-refractivity contribution in [1.82, 2.24) is 19.6 Å². The summed E-state index contributed by atoms with van der Waals surface area (Å²) in [6, 6.07) is 7.74. The number of hydrogen-bond acceptors (Lipinski definition) is 6. The molecule has 3 fully saturated rings. The Hall–Kier alpha value is -1.71. The van der Waals surface area contributed by atoms with Gasteiger partial charge in [0.05, 0.1) is 4.88 Å². The molecule has 4 heterocycles. The van der Waals surface area contributed by atoms with E-state index in [1.54, 1.807) is 0 Å². The lowest BCUT2D eigenvalue weighted by molar-refractivity contribution is -0.139. The molecule has 36 heavy (non-hydrogen) atoms. The molecule has 1 aromatic carbocycles. The van der Waals surface area contributed by atoms with Crippen LogP contribution in [0.15, 0.2) is 24.3 Å². The molecule has 0 spiro atoms. The molecular formula is C27H37ClN4O3S. The summed E-state index contributed by atoms with van der Waals surface area (Å²) in [4.78, 5) is 37.0. The molecule has 5 rings (SSSR count). The normalized spacial score (nSPS) is 22.1. The first-order valence-corrected chi connectivity index (χ1v) is 14.4.